The molecule has 0 aliphatic rings. The van der Waals surface area contributed by atoms with Crippen LogP contribution in [0.1, 0.15) is 10.4 Å². The minimum Gasteiger partial charge on any atom is -0.478 e. The molecule has 1 aromatic carbocycles. The number of carboxylic acids is 1. The van der Waals surface area contributed by atoms with E-state index in [0.29, 0.717) is 5.02 Å². The van der Waals surface area contributed by atoms with E-state index in [4.69, 9.17) is 16.7 Å². The highest BCUT2D eigenvalue weighted by molar-refractivity contribution is 7.99. The Morgan fingerprint density at radius 3 is 2.71 bits per heavy atom. The molecule has 0 aliphatic heterocycles. The first-order chi connectivity index (χ1) is 8.16. The number of carboxylic acid groups (broad SMARTS) is 1. The summed E-state index contributed by atoms with van der Waals surface area (Å²) in [6.45, 7) is 0. The molecule has 1 heterocycles. The first-order valence-electron chi connectivity index (χ1n) is 4.78. The first kappa shape index (κ1) is 12.0. The summed E-state index contributed by atoms with van der Waals surface area (Å²) in [7, 11) is 0. The molecule has 0 aliphatic carbocycles. The average molecular weight is 266 g/mol. The lowest BCUT2D eigenvalue weighted by Crippen LogP contribution is -1.95. The minimum atomic E-state index is -0.985. The van der Waals surface area contributed by atoms with Crippen LogP contribution in [-0.2, 0) is 0 Å². The van der Waals surface area contributed by atoms with Gasteiger partial charge >= 0.3 is 5.97 Å². The van der Waals surface area contributed by atoms with Crippen LogP contribution in [0.5, 0.6) is 0 Å². The third-order valence-electron chi connectivity index (χ3n) is 2.03. The van der Waals surface area contributed by atoms with Gasteiger partial charge in [-0.15, -0.1) is 0 Å². The van der Waals surface area contributed by atoms with E-state index >= 15 is 0 Å². The van der Waals surface area contributed by atoms with Gasteiger partial charge in [0.15, 0.2) is 0 Å². The number of hydrogen-bond acceptors (Lipinski definition) is 3. The molecular weight excluding hydrogens is 258 g/mol. The number of rotatable bonds is 3. The van der Waals surface area contributed by atoms with E-state index in [0.717, 1.165) is 9.92 Å². The topological polar surface area (TPSA) is 50.2 Å². The third-order valence-corrected chi connectivity index (χ3v) is 3.48. The van der Waals surface area contributed by atoms with Crippen molar-refractivity contribution < 1.29 is 9.90 Å². The summed E-state index contributed by atoms with van der Waals surface area (Å²) in [5, 5.41) is 10.0. The third kappa shape index (κ3) is 2.99. The average Bonchev–Trinajstić information content (AvgIpc) is 2.33. The van der Waals surface area contributed by atoms with Gasteiger partial charge in [0.25, 0.3) is 0 Å². The van der Waals surface area contributed by atoms with E-state index in [9.17, 15) is 4.79 Å². The number of halogens is 1. The highest BCUT2D eigenvalue weighted by Gasteiger charge is 2.08. The van der Waals surface area contributed by atoms with Crippen molar-refractivity contribution in [2.24, 2.45) is 0 Å². The molecule has 0 atom stereocenters. The zero-order chi connectivity index (χ0) is 12.3. The van der Waals surface area contributed by atoms with Gasteiger partial charge < -0.3 is 5.11 Å². The molecule has 17 heavy (non-hydrogen) atoms. The fourth-order valence-electron chi connectivity index (χ4n) is 1.24. The predicted molar refractivity (Wildman–Crippen MR) is 66.8 cm³/mol. The molecule has 0 saturated carbocycles. The summed E-state index contributed by atoms with van der Waals surface area (Å²) in [6, 6.07) is 10.2. The lowest BCUT2D eigenvalue weighted by molar-refractivity contribution is 0.0697. The standard InChI is InChI=1S/C12H8ClNO2S/c13-9-7-8(12(15)16)4-5-10(9)17-11-3-1-2-6-14-11/h1-7H,(H,15,16). The van der Waals surface area contributed by atoms with Gasteiger partial charge in [0.05, 0.1) is 10.6 Å². The maximum Gasteiger partial charge on any atom is 0.335 e. The lowest BCUT2D eigenvalue weighted by atomic mass is 10.2. The van der Waals surface area contributed by atoms with Crippen LogP contribution >= 0.6 is 23.4 Å². The number of aromatic nitrogens is 1. The van der Waals surface area contributed by atoms with E-state index in [1.165, 1.54) is 23.9 Å². The summed E-state index contributed by atoms with van der Waals surface area (Å²) in [6.07, 6.45) is 1.70. The second-order valence-corrected chi connectivity index (χ2v) is 4.69. The molecule has 5 heteroatoms. The Morgan fingerprint density at radius 1 is 1.29 bits per heavy atom. The Balaban J connectivity index is 2.26. The van der Waals surface area contributed by atoms with Crippen LogP contribution in [0.3, 0.4) is 0 Å². The molecular formula is C12H8ClNO2S. The second kappa shape index (κ2) is 5.21. The largest absolute Gasteiger partial charge is 0.478 e. The van der Waals surface area contributed by atoms with Crippen LogP contribution < -0.4 is 0 Å². The smallest absolute Gasteiger partial charge is 0.335 e. The molecule has 0 bridgehead atoms. The van der Waals surface area contributed by atoms with Crippen LogP contribution in [0.4, 0.5) is 0 Å². The van der Waals surface area contributed by atoms with Crippen molar-refractivity contribution in [2.75, 3.05) is 0 Å². The maximum atomic E-state index is 10.7. The molecule has 0 fully saturated rings. The van der Waals surface area contributed by atoms with Gasteiger partial charge in [0.1, 0.15) is 5.03 Å². The Labute approximate surface area is 107 Å². The SMILES string of the molecule is O=C(O)c1ccc(Sc2ccccn2)c(Cl)c1. The molecule has 0 unspecified atom stereocenters. The van der Waals surface area contributed by atoms with Crippen molar-refractivity contribution in [3.8, 4) is 0 Å². The van der Waals surface area contributed by atoms with Gasteiger partial charge in [0.2, 0.25) is 0 Å². The van der Waals surface area contributed by atoms with Gasteiger partial charge in [-0.05, 0) is 30.3 Å². The summed E-state index contributed by atoms with van der Waals surface area (Å²) in [5.41, 5.74) is 0.181. The number of pyridine rings is 1. The Kier molecular flexibility index (Phi) is 3.66. The van der Waals surface area contributed by atoms with E-state index in [2.05, 4.69) is 4.98 Å². The Hall–Kier alpha value is -1.52. The van der Waals surface area contributed by atoms with Gasteiger partial charge in [-0.25, -0.2) is 9.78 Å². The monoisotopic (exact) mass is 265 g/mol. The van der Waals surface area contributed by atoms with Gasteiger partial charge in [-0.3, -0.25) is 0 Å². The molecule has 2 aromatic rings. The fraction of sp³-hybridized carbons (Fsp3) is 0. The summed E-state index contributed by atoms with van der Waals surface area (Å²) >= 11 is 7.41. The van der Waals surface area contributed by atoms with E-state index in [-0.39, 0.29) is 5.56 Å². The number of aromatic carboxylic acids is 1. The van der Waals surface area contributed by atoms with Gasteiger partial charge in [0, 0.05) is 11.1 Å². The molecule has 1 N–H and O–H groups in total. The highest BCUT2D eigenvalue weighted by Crippen LogP contribution is 2.32. The van der Waals surface area contributed by atoms with Gasteiger partial charge in [-0.2, -0.15) is 0 Å². The Bertz CT molecular complexity index is 545. The quantitative estimate of drug-likeness (QED) is 0.921. The number of benzene rings is 1. The van der Waals surface area contributed by atoms with Crippen molar-refractivity contribution in [3.63, 3.8) is 0 Å². The lowest BCUT2D eigenvalue weighted by Gasteiger charge is -2.04. The van der Waals surface area contributed by atoms with Crippen LogP contribution in [0.15, 0.2) is 52.5 Å². The van der Waals surface area contributed by atoms with Crippen molar-refractivity contribution in [2.45, 2.75) is 9.92 Å². The van der Waals surface area contributed by atoms with E-state index in [1.807, 2.05) is 18.2 Å². The normalized spacial score (nSPS) is 10.2. The zero-order valence-corrected chi connectivity index (χ0v) is 10.2. The van der Waals surface area contributed by atoms with Crippen LogP contribution in [0.25, 0.3) is 0 Å². The summed E-state index contributed by atoms with van der Waals surface area (Å²) < 4.78 is 0. The molecule has 3 nitrogen and oxygen atoms in total. The van der Waals surface area contributed by atoms with E-state index in [1.54, 1.807) is 12.3 Å². The number of hydrogen-bond donors (Lipinski definition) is 1. The number of nitrogens with zero attached hydrogens (tertiary/aromatic N) is 1. The van der Waals surface area contributed by atoms with Gasteiger partial charge in [-0.1, -0.05) is 29.4 Å². The first-order valence-corrected chi connectivity index (χ1v) is 5.98. The molecule has 86 valence electrons. The predicted octanol–water partition coefficient (Wildman–Crippen LogP) is 3.58. The fourth-order valence-corrected chi connectivity index (χ4v) is 2.31. The molecule has 2 rings (SSSR count). The molecule has 0 radical (unpaired) electrons. The van der Waals surface area contributed by atoms with Crippen LogP contribution in [0, 0.1) is 0 Å². The van der Waals surface area contributed by atoms with Crippen LogP contribution in [0.2, 0.25) is 5.02 Å². The molecule has 0 amide bonds. The summed E-state index contributed by atoms with van der Waals surface area (Å²) in [4.78, 5) is 15.7. The second-order valence-electron chi connectivity index (χ2n) is 3.22. The van der Waals surface area contributed by atoms with Crippen molar-refractivity contribution >= 4 is 29.3 Å². The summed E-state index contributed by atoms with van der Waals surface area (Å²) in [5.74, 6) is -0.985. The van der Waals surface area contributed by atoms with E-state index < -0.39 is 5.97 Å². The molecule has 0 spiro atoms. The minimum absolute atomic E-state index is 0.181. The zero-order valence-electron chi connectivity index (χ0n) is 8.63. The van der Waals surface area contributed by atoms with Crippen LogP contribution in [-0.4, -0.2) is 16.1 Å². The van der Waals surface area contributed by atoms with Crippen molar-refractivity contribution in [1.29, 1.82) is 0 Å². The number of carbonyl (C=O) groups is 1. The molecule has 1 aromatic heterocycles. The maximum absolute atomic E-state index is 10.7. The molecule has 0 saturated heterocycles. The highest BCUT2D eigenvalue weighted by atomic mass is 35.5. The Morgan fingerprint density at radius 2 is 2.12 bits per heavy atom. The van der Waals surface area contributed by atoms with Crippen molar-refractivity contribution in [3.05, 3.63) is 53.2 Å². The van der Waals surface area contributed by atoms with Crippen molar-refractivity contribution in [1.82, 2.24) is 4.98 Å².